The largest absolute Gasteiger partial charge is 0.497 e. The lowest BCUT2D eigenvalue weighted by atomic mass is 9.74. The molecule has 0 saturated heterocycles. The van der Waals surface area contributed by atoms with Crippen molar-refractivity contribution in [2.75, 3.05) is 12.4 Å². The minimum Gasteiger partial charge on any atom is -0.497 e. The van der Waals surface area contributed by atoms with Crippen LogP contribution in [0.5, 0.6) is 5.75 Å². The summed E-state index contributed by atoms with van der Waals surface area (Å²) in [6.45, 7) is 3.46. The Morgan fingerprint density at radius 1 is 1.15 bits per heavy atom. The van der Waals surface area contributed by atoms with Crippen LogP contribution in [0.15, 0.2) is 65.0 Å². The van der Waals surface area contributed by atoms with Crippen molar-refractivity contribution in [1.82, 2.24) is 5.32 Å². The van der Waals surface area contributed by atoms with Crippen molar-refractivity contribution in [2.45, 2.75) is 39.0 Å². The third-order valence-electron chi connectivity index (χ3n) is 6.13. The number of carbonyl (C=O) groups is 2. The van der Waals surface area contributed by atoms with Gasteiger partial charge in [-0.1, -0.05) is 12.1 Å². The maximum atomic E-state index is 13.5. The second-order valence-electron chi connectivity index (χ2n) is 8.25. The fraction of sp³-hybridized carbons (Fsp3) is 0.280. The van der Waals surface area contributed by atoms with Gasteiger partial charge in [0.15, 0.2) is 5.78 Å². The van der Waals surface area contributed by atoms with Gasteiger partial charge in [-0.05, 0) is 56.5 Å². The number of Topliss-reactive ketones (excluding diaryl/α,β-unsaturated/α-hetero) is 1. The Morgan fingerprint density at radius 3 is 2.55 bits per heavy atom. The van der Waals surface area contributed by atoms with E-state index in [1.807, 2.05) is 0 Å². The molecular weight excluding hydrogens is 422 g/mol. The Kier molecular flexibility index (Phi) is 6.00. The number of methoxy groups -OCH3 is 1. The molecule has 0 unspecified atom stereocenters. The van der Waals surface area contributed by atoms with E-state index in [0.29, 0.717) is 52.2 Å². The number of nitro groups is 1. The molecule has 1 aliphatic carbocycles. The molecule has 1 amide bonds. The Balaban J connectivity index is 1.80. The summed E-state index contributed by atoms with van der Waals surface area (Å²) in [6, 6.07) is 11.8. The molecule has 0 saturated carbocycles. The van der Waals surface area contributed by atoms with Gasteiger partial charge in [0.2, 0.25) is 0 Å². The number of ketones is 1. The maximum absolute atomic E-state index is 13.5. The van der Waals surface area contributed by atoms with Gasteiger partial charge in [-0.25, -0.2) is 0 Å². The van der Waals surface area contributed by atoms with E-state index in [0.717, 1.165) is 12.1 Å². The fourth-order valence-electron chi connectivity index (χ4n) is 4.49. The Morgan fingerprint density at radius 2 is 1.88 bits per heavy atom. The molecule has 1 aliphatic heterocycles. The van der Waals surface area contributed by atoms with E-state index in [-0.39, 0.29) is 17.4 Å². The molecule has 4 rings (SSSR count). The lowest BCUT2D eigenvalue weighted by molar-refractivity contribution is -0.385. The number of carbonyl (C=O) groups excluding carboxylic acids is 2. The second-order valence-corrected chi connectivity index (χ2v) is 8.25. The van der Waals surface area contributed by atoms with Crippen LogP contribution in [0.2, 0.25) is 0 Å². The summed E-state index contributed by atoms with van der Waals surface area (Å²) in [6.07, 6.45) is 1.81. The topological polar surface area (TPSA) is 111 Å². The molecule has 2 N–H and O–H groups in total. The fourth-order valence-corrected chi connectivity index (χ4v) is 4.49. The minimum atomic E-state index is -0.688. The maximum Gasteiger partial charge on any atom is 0.272 e. The molecule has 8 nitrogen and oxygen atoms in total. The number of hydrogen-bond acceptors (Lipinski definition) is 6. The first-order valence-electron chi connectivity index (χ1n) is 10.7. The molecule has 0 fully saturated rings. The number of nitro benzene ring substituents is 1. The third-order valence-corrected chi connectivity index (χ3v) is 6.13. The van der Waals surface area contributed by atoms with Gasteiger partial charge in [0.25, 0.3) is 11.6 Å². The van der Waals surface area contributed by atoms with E-state index in [2.05, 4.69) is 10.6 Å². The van der Waals surface area contributed by atoms with Crippen molar-refractivity contribution in [3.8, 4) is 5.75 Å². The highest BCUT2D eigenvalue weighted by atomic mass is 16.6. The van der Waals surface area contributed by atoms with Gasteiger partial charge in [0, 0.05) is 52.2 Å². The zero-order valence-electron chi connectivity index (χ0n) is 18.7. The minimum absolute atomic E-state index is 0.0380. The number of hydrogen-bond donors (Lipinski definition) is 2. The van der Waals surface area contributed by atoms with Crippen molar-refractivity contribution >= 4 is 23.1 Å². The molecule has 2 aliphatic rings. The summed E-state index contributed by atoms with van der Waals surface area (Å²) < 4.78 is 5.16. The van der Waals surface area contributed by atoms with E-state index in [1.54, 1.807) is 57.4 Å². The monoisotopic (exact) mass is 447 g/mol. The van der Waals surface area contributed by atoms with Gasteiger partial charge in [-0.15, -0.1) is 0 Å². The molecular formula is C25H25N3O5. The van der Waals surface area contributed by atoms with E-state index in [4.69, 9.17) is 4.74 Å². The normalized spacial score (nSPS) is 17.9. The summed E-state index contributed by atoms with van der Waals surface area (Å²) in [4.78, 5) is 37.6. The first kappa shape index (κ1) is 22.3. The molecule has 0 aromatic heterocycles. The lowest BCUT2D eigenvalue weighted by Gasteiger charge is -2.34. The highest BCUT2D eigenvalue weighted by Gasteiger charge is 2.39. The Hall–Kier alpha value is -3.94. The van der Waals surface area contributed by atoms with Crippen LogP contribution in [-0.2, 0) is 9.59 Å². The summed E-state index contributed by atoms with van der Waals surface area (Å²) >= 11 is 0. The number of anilines is 1. The van der Waals surface area contributed by atoms with E-state index in [1.165, 1.54) is 6.07 Å². The third kappa shape index (κ3) is 4.24. The van der Waals surface area contributed by atoms with E-state index < -0.39 is 10.8 Å². The molecule has 170 valence electrons. The first-order chi connectivity index (χ1) is 15.8. The molecule has 0 radical (unpaired) electrons. The standard InChI is InChI=1S/C25H25N3O5/c1-14-7-8-16(13-20(14)28(31)32)23-22(15(2)26-19-5-4-6-21(29)24(19)23)25(30)27-17-9-11-18(33-3)12-10-17/h7-13,23,26H,4-6H2,1-3H3,(H,27,30)/t23-/m1/s1. The number of amides is 1. The van der Waals surface area contributed by atoms with Gasteiger partial charge in [-0.3, -0.25) is 19.7 Å². The quantitative estimate of drug-likeness (QED) is 0.515. The highest BCUT2D eigenvalue weighted by Crippen LogP contribution is 2.43. The summed E-state index contributed by atoms with van der Waals surface area (Å²) in [7, 11) is 1.56. The molecule has 1 heterocycles. The number of dihydropyridines is 1. The Labute approximate surface area is 191 Å². The number of ether oxygens (including phenoxy) is 1. The zero-order chi connectivity index (χ0) is 23.7. The molecule has 33 heavy (non-hydrogen) atoms. The average molecular weight is 447 g/mol. The average Bonchev–Trinajstić information content (AvgIpc) is 2.79. The second kappa shape index (κ2) is 8.90. The molecule has 8 heteroatoms. The van der Waals surface area contributed by atoms with Crippen LogP contribution < -0.4 is 15.4 Å². The number of rotatable bonds is 5. The smallest absolute Gasteiger partial charge is 0.272 e. The van der Waals surface area contributed by atoms with E-state index >= 15 is 0 Å². The van der Waals surface area contributed by atoms with Gasteiger partial charge in [-0.2, -0.15) is 0 Å². The van der Waals surface area contributed by atoms with Crippen LogP contribution in [0.25, 0.3) is 0 Å². The molecule has 2 aromatic rings. The Bertz CT molecular complexity index is 1210. The van der Waals surface area contributed by atoms with Crippen molar-refractivity contribution in [3.63, 3.8) is 0 Å². The number of allylic oxidation sites excluding steroid dienone is 3. The van der Waals surface area contributed by atoms with Gasteiger partial charge in [0.1, 0.15) is 5.75 Å². The van der Waals surface area contributed by atoms with Crippen LogP contribution in [0.4, 0.5) is 11.4 Å². The van der Waals surface area contributed by atoms with Crippen molar-refractivity contribution in [2.24, 2.45) is 0 Å². The molecule has 0 spiro atoms. The van der Waals surface area contributed by atoms with Crippen LogP contribution in [0.1, 0.15) is 43.2 Å². The van der Waals surface area contributed by atoms with Crippen LogP contribution in [-0.4, -0.2) is 23.7 Å². The van der Waals surface area contributed by atoms with Crippen LogP contribution >= 0.6 is 0 Å². The SMILES string of the molecule is COc1ccc(NC(=O)C2=C(C)NC3=C(C(=O)CCC3)[C@@H]2c2ccc(C)c([N+](=O)[O-])c2)cc1. The summed E-state index contributed by atoms with van der Waals surface area (Å²) in [5.74, 6) is -0.440. The molecule has 2 aromatic carbocycles. The van der Waals surface area contributed by atoms with Gasteiger partial charge in [0.05, 0.1) is 12.0 Å². The number of aryl methyl sites for hydroxylation is 1. The van der Waals surface area contributed by atoms with Crippen LogP contribution in [0, 0.1) is 17.0 Å². The number of benzene rings is 2. The first-order valence-corrected chi connectivity index (χ1v) is 10.7. The number of nitrogens with one attached hydrogen (secondary N) is 2. The van der Waals surface area contributed by atoms with Crippen molar-refractivity contribution in [3.05, 3.63) is 86.2 Å². The highest BCUT2D eigenvalue weighted by molar-refractivity contribution is 6.09. The predicted molar refractivity (Wildman–Crippen MR) is 124 cm³/mol. The van der Waals surface area contributed by atoms with Crippen molar-refractivity contribution in [1.29, 1.82) is 0 Å². The summed E-state index contributed by atoms with van der Waals surface area (Å²) in [5, 5.41) is 17.7. The predicted octanol–water partition coefficient (Wildman–Crippen LogP) is 4.52. The van der Waals surface area contributed by atoms with Crippen LogP contribution in [0.3, 0.4) is 0 Å². The number of nitrogens with zero attached hydrogens (tertiary/aromatic N) is 1. The molecule has 0 bridgehead atoms. The zero-order valence-corrected chi connectivity index (χ0v) is 18.7. The van der Waals surface area contributed by atoms with Gasteiger partial charge < -0.3 is 15.4 Å². The lowest BCUT2D eigenvalue weighted by Crippen LogP contribution is -2.35. The molecule has 1 atom stereocenters. The summed E-state index contributed by atoms with van der Waals surface area (Å²) in [5.41, 5.74) is 3.92. The van der Waals surface area contributed by atoms with Gasteiger partial charge >= 0.3 is 0 Å². The van der Waals surface area contributed by atoms with Crippen molar-refractivity contribution < 1.29 is 19.2 Å². The van der Waals surface area contributed by atoms with E-state index in [9.17, 15) is 19.7 Å².